The second kappa shape index (κ2) is 7.97. The van der Waals surface area contributed by atoms with E-state index in [1.54, 1.807) is 7.11 Å². The van der Waals surface area contributed by atoms with Crippen LogP contribution in [0.3, 0.4) is 0 Å². The van der Waals surface area contributed by atoms with Gasteiger partial charge in [0.25, 0.3) is 0 Å². The van der Waals surface area contributed by atoms with Gasteiger partial charge in [-0.25, -0.2) is 0 Å². The fourth-order valence-corrected chi connectivity index (χ4v) is 1.97. The number of unbranched alkanes of at least 4 members (excludes halogenated alkanes) is 1. The first-order valence-corrected chi connectivity index (χ1v) is 6.43. The zero-order chi connectivity index (χ0) is 13.4. The number of rotatable bonds is 7. The minimum absolute atomic E-state index is 0.619. The van der Waals surface area contributed by atoms with E-state index in [-0.39, 0.29) is 0 Å². The van der Waals surface area contributed by atoms with Gasteiger partial charge in [-0.2, -0.15) is 5.26 Å². The van der Waals surface area contributed by atoms with Crippen LogP contribution in [0.25, 0.3) is 0 Å². The van der Waals surface area contributed by atoms with Crippen molar-refractivity contribution < 1.29 is 4.74 Å². The third kappa shape index (κ3) is 4.95. The minimum Gasteiger partial charge on any atom is -0.497 e. The highest BCUT2D eigenvalue weighted by Gasteiger charge is 2.04. The maximum absolute atomic E-state index is 8.47. The molecule has 0 saturated carbocycles. The van der Waals surface area contributed by atoms with Crippen LogP contribution in [-0.4, -0.2) is 32.1 Å². The summed E-state index contributed by atoms with van der Waals surface area (Å²) in [6, 6.07) is 7.93. The molecule has 1 aromatic carbocycles. The summed E-state index contributed by atoms with van der Waals surface area (Å²) in [6.45, 7) is 1.89. The molecule has 0 amide bonds. The molecular weight excluding hydrogens is 248 g/mol. The van der Waals surface area contributed by atoms with Crippen molar-refractivity contribution in [3.05, 3.63) is 28.8 Å². The summed E-state index contributed by atoms with van der Waals surface area (Å²) in [7, 11) is 3.70. The highest BCUT2D eigenvalue weighted by molar-refractivity contribution is 6.31. The minimum atomic E-state index is 0.619. The predicted molar refractivity (Wildman–Crippen MR) is 74.1 cm³/mol. The normalized spacial score (nSPS) is 10.4. The molecule has 4 heteroatoms. The van der Waals surface area contributed by atoms with Gasteiger partial charge in [0, 0.05) is 18.0 Å². The Bertz CT molecular complexity index is 415. The molecule has 1 rings (SSSR count). The lowest BCUT2D eigenvalue weighted by molar-refractivity contribution is 0.335. The first kappa shape index (κ1) is 14.8. The second-order valence-corrected chi connectivity index (χ2v) is 4.68. The molecule has 0 unspecified atom stereocenters. The summed E-state index contributed by atoms with van der Waals surface area (Å²) in [5, 5.41) is 9.22. The number of hydrogen-bond acceptors (Lipinski definition) is 3. The Hall–Kier alpha value is -1.24. The van der Waals surface area contributed by atoms with Gasteiger partial charge in [-0.3, -0.25) is 0 Å². The van der Waals surface area contributed by atoms with Crippen molar-refractivity contribution in [3.63, 3.8) is 0 Å². The Kier molecular flexibility index (Phi) is 6.56. The van der Waals surface area contributed by atoms with Crippen LogP contribution >= 0.6 is 11.6 Å². The molecular formula is C14H19ClN2O. The van der Waals surface area contributed by atoms with Crippen molar-refractivity contribution in [1.82, 2.24) is 4.90 Å². The molecule has 18 heavy (non-hydrogen) atoms. The molecule has 0 radical (unpaired) electrons. The van der Waals surface area contributed by atoms with E-state index in [1.165, 1.54) is 0 Å². The van der Waals surface area contributed by atoms with Gasteiger partial charge < -0.3 is 9.64 Å². The monoisotopic (exact) mass is 266 g/mol. The quantitative estimate of drug-likeness (QED) is 0.712. The Morgan fingerprint density at radius 2 is 2.17 bits per heavy atom. The summed E-state index contributed by atoms with van der Waals surface area (Å²) in [4.78, 5) is 2.22. The molecule has 0 aliphatic carbocycles. The van der Waals surface area contributed by atoms with Crippen LogP contribution < -0.4 is 4.74 Å². The molecule has 0 saturated heterocycles. The van der Waals surface area contributed by atoms with Crippen LogP contribution in [-0.2, 0) is 6.42 Å². The largest absolute Gasteiger partial charge is 0.497 e. The molecule has 0 aromatic heterocycles. The molecule has 98 valence electrons. The van der Waals surface area contributed by atoms with E-state index in [1.807, 2.05) is 18.2 Å². The predicted octanol–water partition coefficient (Wildman–Crippen LogP) is 3.13. The summed E-state index contributed by atoms with van der Waals surface area (Å²) in [6.07, 6.45) is 2.45. The van der Waals surface area contributed by atoms with Crippen LogP contribution in [0.5, 0.6) is 5.75 Å². The van der Waals surface area contributed by atoms with Gasteiger partial charge in [-0.05, 0) is 44.1 Å². The average molecular weight is 267 g/mol. The molecule has 1 aromatic rings. The van der Waals surface area contributed by atoms with Crippen LogP contribution in [0, 0.1) is 11.3 Å². The van der Waals surface area contributed by atoms with Gasteiger partial charge in [0.1, 0.15) is 5.75 Å². The first-order valence-electron chi connectivity index (χ1n) is 6.05. The number of hydrogen-bond donors (Lipinski definition) is 0. The second-order valence-electron chi connectivity index (χ2n) is 4.27. The fourth-order valence-electron chi connectivity index (χ4n) is 1.71. The summed E-state index contributed by atoms with van der Waals surface area (Å²) in [5.41, 5.74) is 1.13. The van der Waals surface area contributed by atoms with Gasteiger partial charge in [0.2, 0.25) is 0 Å². The van der Waals surface area contributed by atoms with Gasteiger partial charge in [0.05, 0.1) is 13.2 Å². The van der Waals surface area contributed by atoms with Crippen molar-refractivity contribution in [2.45, 2.75) is 19.3 Å². The lowest BCUT2D eigenvalue weighted by atomic mass is 10.1. The Labute approximate surface area is 114 Å². The van der Waals surface area contributed by atoms with E-state index in [0.717, 1.165) is 42.3 Å². The van der Waals surface area contributed by atoms with E-state index in [0.29, 0.717) is 6.42 Å². The fraction of sp³-hybridized carbons (Fsp3) is 0.500. The van der Waals surface area contributed by atoms with Crippen LogP contribution in [0.1, 0.15) is 18.4 Å². The SMILES string of the molecule is COc1ccc(CCN(C)CCCC#N)c(Cl)c1. The Morgan fingerprint density at radius 1 is 1.39 bits per heavy atom. The van der Waals surface area contributed by atoms with Gasteiger partial charge in [-0.1, -0.05) is 17.7 Å². The standard InChI is InChI=1S/C14H19ClN2O/c1-17(9-4-3-8-16)10-7-12-5-6-13(18-2)11-14(12)15/h5-6,11H,3-4,7,9-10H2,1-2H3. The van der Waals surface area contributed by atoms with E-state index in [2.05, 4.69) is 18.0 Å². The van der Waals surface area contributed by atoms with Crippen molar-refractivity contribution in [1.29, 1.82) is 5.26 Å². The zero-order valence-corrected chi connectivity index (χ0v) is 11.7. The Morgan fingerprint density at radius 3 is 2.78 bits per heavy atom. The zero-order valence-electron chi connectivity index (χ0n) is 10.9. The Balaban J connectivity index is 2.41. The van der Waals surface area contributed by atoms with E-state index >= 15 is 0 Å². The summed E-state index contributed by atoms with van der Waals surface area (Å²) < 4.78 is 5.12. The summed E-state index contributed by atoms with van der Waals surface area (Å²) >= 11 is 6.18. The topological polar surface area (TPSA) is 36.3 Å². The highest BCUT2D eigenvalue weighted by Crippen LogP contribution is 2.22. The number of likely N-dealkylation sites (N-methyl/N-ethyl adjacent to an activating group) is 1. The number of halogens is 1. The molecule has 0 aliphatic heterocycles. The van der Waals surface area contributed by atoms with Crippen LogP contribution in [0.15, 0.2) is 18.2 Å². The maximum Gasteiger partial charge on any atom is 0.120 e. The van der Waals surface area contributed by atoms with Gasteiger partial charge in [0.15, 0.2) is 0 Å². The molecule has 0 aliphatic rings. The molecule has 3 nitrogen and oxygen atoms in total. The molecule has 0 bridgehead atoms. The first-order chi connectivity index (χ1) is 8.67. The third-order valence-corrected chi connectivity index (χ3v) is 3.20. The highest BCUT2D eigenvalue weighted by atomic mass is 35.5. The van der Waals surface area contributed by atoms with E-state index in [9.17, 15) is 0 Å². The number of methoxy groups -OCH3 is 1. The molecule has 0 spiro atoms. The van der Waals surface area contributed by atoms with Crippen LogP contribution in [0.2, 0.25) is 5.02 Å². The number of benzene rings is 1. The number of nitrogens with zero attached hydrogens (tertiary/aromatic N) is 2. The van der Waals surface area contributed by atoms with Crippen molar-refractivity contribution >= 4 is 11.6 Å². The van der Waals surface area contributed by atoms with E-state index < -0.39 is 0 Å². The molecule has 0 fully saturated rings. The van der Waals surface area contributed by atoms with Crippen molar-refractivity contribution in [3.8, 4) is 11.8 Å². The van der Waals surface area contributed by atoms with Gasteiger partial charge >= 0.3 is 0 Å². The van der Waals surface area contributed by atoms with Gasteiger partial charge in [-0.15, -0.1) is 0 Å². The molecule has 0 atom stereocenters. The third-order valence-electron chi connectivity index (χ3n) is 2.85. The lowest BCUT2D eigenvalue weighted by Crippen LogP contribution is -2.22. The molecule has 0 heterocycles. The average Bonchev–Trinajstić information content (AvgIpc) is 2.37. The lowest BCUT2D eigenvalue weighted by Gasteiger charge is -2.16. The van der Waals surface area contributed by atoms with Crippen molar-refractivity contribution in [2.24, 2.45) is 0 Å². The maximum atomic E-state index is 8.47. The molecule has 0 N–H and O–H groups in total. The van der Waals surface area contributed by atoms with Crippen LogP contribution in [0.4, 0.5) is 0 Å². The number of ether oxygens (including phenoxy) is 1. The number of nitriles is 1. The smallest absolute Gasteiger partial charge is 0.120 e. The van der Waals surface area contributed by atoms with Crippen molar-refractivity contribution in [2.75, 3.05) is 27.2 Å². The summed E-state index contributed by atoms with van der Waals surface area (Å²) in [5.74, 6) is 0.783. The van der Waals surface area contributed by atoms with E-state index in [4.69, 9.17) is 21.6 Å².